The predicted octanol–water partition coefficient (Wildman–Crippen LogP) is 2.61. The zero-order valence-corrected chi connectivity index (χ0v) is 12.2. The number of hydrogen-bond acceptors (Lipinski definition) is 4. The number of benzene rings is 2. The molecule has 0 atom stereocenters. The minimum atomic E-state index is -3.82. The molecule has 0 amide bonds. The van der Waals surface area contributed by atoms with Crippen LogP contribution in [-0.2, 0) is 10.0 Å². The molecule has 21 heavy (non-hydrogen) atoms. The van der Waals surface area contributed by atoms with Crippen molar-refractivity contribution >= 4 is 21.4 Å². The average molecular weight is 310 g/mol. The van der Waals surface area contributed by atoms with Crippen molar-refractivity contribution in [3.05, 3.63) is 48.3 Å². The van der Waals surface area contributed by atoms with Gasteiger partial charge in [-0.15, -0.1) is 0 Å². The molecule has 112 valence electrons. The van der Waals surface area contributed by atoms with E-state index in [1.165, 1.54) is 24.3 Å². The average Bonchev–Trinajstić information content (AvgIpc) is 2.42. The molecule has 0 aliphatic carbocycles. The van der Waals surface area contributed by atoms with Crippen molar-refractivity contribution in [3.8, 4) is 5.75 Å². The van der Waals surface area contributed by atoms with E-state index >= 15 is 0 Å². The maximum absolute atomic E-state index is 12.8. The molecule has 2 rings (SSSR count). The van der Waals surface area contributed by atoms with Gasteiger partial charge in [-0.1, -0.05) is 0 Å². The van der Waals surface area contributed by atoms with Gasteiger partial charge >= 0.3 is 0 Å². The molecular formula is C14H15FN2O3S. The second-order valence-corrected chi connectivity index (χ2v) is 5.92. The number of halogens is 1. The van der Waals surface area contributed by atoms with E-state index in [-0.39, 0.29) is 16.3 Å². The Hall–Kier alpha value is -2.28. The summed E-state index contributed by atoms with van der Waals surface area (Å²) in [6.45, 7) is 2.32. The van der Waals surface area contributed by atoms with Gasteiger partial charge in [0.2, 0.25) is 0 Å². The SMILES string of the molecule is CCOc1ccc(NS(=O)(=O)c2ccc(F)cc2)c(N)c1. The molecule has 0 bridgehead atoms. The first-order valence-corrected chi connectivity index (χ1v) is 7.71. The highest BCUT2D eigenvalue weighted by atomic mass is 32.2. The van der Waals surface area contributed by atoms with Crippen LogP contribution in [0.5, 0.6) is 5.75 Å². The lowest BCUT2D eigenvalue weighted by molar-refractivity contribution is 0.340. The van der Waals surface area contributed by atoms with Crippen LogP contribution in [-0.4, -0.2) is 15.0 Å². The Kier molecular flexibility index (Phi) is 4.32. The van der Waals surface area contributed by atoms with Crippen LogP contribution in [0.2, 0.25) is 0 Å². The standard InChI is InChI=1S/C14H15FN2O3S/c1-2-20-11-5-8-14(13(16)9-11)17-21(18,19)12-6-3-10(15)4-7-12/h3-9,17H,2,16H2,1H3. The minimum absolute atomic E-state index is 0.0443. The lowest BCUT2D eigenvalue weighted by atomic mass is 10.2. The fraction of sp³-hybridized carbons (Fsp3) is 0.143. The van der Waals surface area contributed by atoms with Crippen molar-refractivity contribution in [3.63, 3.8) is 0 Å². The third kappa shape index (κ3) is 3.63. The quantitative estimate of drug-likeness (QED) is 0.832. The van der Waals surface area contributed by atoms with Crippen LogP contribution < -0.4 is 15.2 Å². The Balaban J connectivity index is 2.26. The van der Waals surface area contributed by atoms with Gasteiger partial charge in [0.1, 0.15) is 11.6 Å². The molecule has 0 aliphatic rings. The van der Waals surface area contributed by atoms with Crippen molar-refractivity contribution in [2.24, 2.45) is 0 Å². The molecule has 0 fully saturated rings. The first kappa shape index (κ1) is 15.1. The molecule has 0 heterocycles. The highest BCUT2D eigenvalue weighted by molar-refractivity contribution is 7.92. The van der Waals surface area contributed by atoms with Crippen LogP contribution in [0.1, 0.15) is 6.92 Å². The maximum Gasteiger partial charge on any atom is 0.261 e. The van der Waals surface area contributed by atoms with Crippen LogP contribution in [0.25, 0.3) is 0 Å². The summed E-state index contributed by atoms with van der Waals surface area (Å²) < 4.78 is 44.8. The minimum Gasteiger partial charge on any atom is -0.494 e. The third-order valence-electron chi connectivity index (χ3n) is 2.70. The van der Waals surface area contributed by atoms with Crippen LogP contribution in [0.4, 0.5) is 15.8 Å². The van der Waals surface area contributed by atoms with Gasteiger partial charge in [-0.3, -0.25) is 4.72 Å². The van der Waals surface area contributed by atoms with E-state index in [2.05, 4.69) is 4.72 Å². The summed E-state index contributed by atoms with van der Waals surface area (Å²) in [5.41, 5.74) is 6.28. The lowest BCUT2D eigenvalue weighted by Gasteiger charge is -2.12. The molecule has 0 saturated carbocycles. The monoisotopic (exact) mass is 310 g/mol. The fourth-order valence-electron chi connectivity index (χ4n) is 1.71. The Bertz CT molecular complexity index is 730. The molecule has 7 heteroatoms. The molecule has 5 nitrogen and oxygen atoms in total. The van der Waals surface area contributed by atoms with Gasteiger partial charge in [0.15, 0.2) is 0 Å². The summed E-state index contributed by atoms with van der Waals surface area (Å²) in [5.74, 6) is 0.0502. The molecule has 0 radical (unpaired) electrons. The molecule has 0 aromatic heterocycles. The molecular weight excluding hydrogens is 295 g/mol. The van der Waals surface area contributed by atoms with Crippen molar-refractivity contribution in [2.75, 3.05) is 17.1 Å². The van der Waals surface area contributed by atoms with E-state index in [1.807, 2.05) is 6.92 Å². The Morgan fingerprint density at radius 2 is 1.86 bits per heavy atom. The first-order valence-electron chi connectivity index (χ1n) is 6.23. The summed E-state index contributed by atoms with van der Waals surface area (Å²) in [4.78, 5) is -0.0443. The smallest absolute Gasteiger partial charge is 0.261 e. The summed E-state index contributed by atoms with van der Waals surface area (Å²) in [5, 5.41) is 0. The molecule has 2 aromatic rings. The summed E-state index contributed by atoms with van der Waals surface area (Å²) in [6, 6.07) is 9.19. The molecule has 3 N–H and O–H groups in total. The van der Waals surface area contributed by atoms with Gasteiger partial charge in [-0.2, -0.15) is 0 Å². The first-order chi connectivity index (χ1) is 9.92. The Morgan fingerprint density at radius 1 is 1.19 bits per heavy atom. The Labute approximate surface area is 122 Å². The number of nitrogen functional groups attached to an aromatic ring is 1. The van der Waals surface area contributed by atoms with Gasteiger partial charge < -0.3 is 10.5 Å². The molecule has 0 unspecified atom stereocenters. The fourth-order valence-corrected chi connectivity index (χ4v) is 2.80. The zero-order chi connectivity index (χ0) is 15.5. The van der Waals surface area contributed by atoms with Crippen molar-refractivity contribution < 1.29 is 17.5 Å². The molecule has 0 aliphatic heterocycles. The third-order valence-corrected chi connectivity index (χ3v) is 4.08. The normalized spacial score (nSPS) is 11.1. The topological polar surface area (TPSA) is 81.4 Å². The lowest BCUT2D eigenvalue weighted by Crippen LogP contribution is -2.14. The van der Waals surface area contributed by atoms with E-state index in [1.54, 1.807) is 6.07 Å². The van der Waals surface area contributed by atoms with Gasteiger partial charge in [-0.25, -0.2) is 12.8 Å². The van der Waals surface area contributed by atoms with E-state index in [9.17, 15) is 12.8 Å². The van der Waals surface area contributed by atoms with Crippen molar-refractivity contribution in [1.29, 1.82) is 0 Å². The van der Waals surface area contributed by atoms with Crippen molar-refractivity contribution in [1.82, 2.24) is 0 Å². The van der Waals surface area contributed by atoms with E-state index < -0.39 is 15.8 Å². The number of anilines is 2. The van der Waals surface area contributed by atoms with E-state index in [0.29, 0.717) is 12.4 Å². The summed E-state index contributed by atoms with van der Waals surface area (Å²) in [6.07, 6.45) is 0. The summed E-state index contributed by atoms with van der Waals surface area (Å²) >= 11 is 0. The van der Waals surface area contributed by atoms with Gasteiger partial charge in [0.25, 0.3) is 10.0 Å². The number of sulfonamides is 1. The highest BCUT2D eigenvalue weighted by Crippen LogP contribution is 2.26. The molecule has 0 saturated heterocycles. The second-order valence-electron chi connectivity index (χ2n) is 4.24. The van der Waals surface area contributed by atoms with E-state index in [4.69, 9.17) is 10.5 Å². The van der Waals surface area contributed by atoms with E-state index in [0.717, 1.165) is 12.1 Å². The van der Waals surface area contributed by atoms with Crippen LogP contribution in [0.15, 0.2) is 47.4 Å². The highest BCUT2D eigenvalue weighted by Gasteiger charge is 2.15. The number of rotatable bonds is 5. The zero-order valence-electron chi connectivity index (χ0n) is 11.3. The van der Waals surface area contributed by atoms with Crippen LogP contribution in [0.3, 0.4) is 0 Å². The number of hydrogen-bond donors (Lipinski definition) is 2. The number of nitrogens with two attached hydrogens (primary N) is 1. The predicted molar refractivity (Wildman–Crippen MR) is 79.2 cm³/mol. The Morgan fingerprint density at radius 3 is 2.43 bits per heavy atom. The maximum atomic E-state index is 12.8. The number of ether oxygens (including phenoxy) is 1. The summed E-state index contributed by atoms with van der Waals surface area (Å²) in [7, 11) is -3.82. The van der Waals surface area contributed by atoms with Crippen molar-refractivity contribution in [2.45, 2.75) is 11.8 Å². The molecule has 0 spiro atoms. The van der Waals surface area contributed by atoms with Crippen LogP contribution in [0, 0.1) is 5.82 Å². The van der Waals surface area contributed by atoms with Gasteiger partial charge in [0, 0.05) is 6.07 Å². The van der Waals surface area contributed by atoms with Gasteiger partial charge in [-0.05, 0) is 43.3 Å². The number of nitrogens with one attached hydrogen (secondary N) is 1. The second kappa shape index (κ2) is 6.01. The largest absolute Gasteiger partial charge is 0.494 e. The van der Waals surface area contributed by atoms with Gasteiger partial charge in [0.05, 0.1) is 22.9 Å². The molecule has 2 aromatic carbocycles. The van der Waals surface area contributed by atoms with Crippen LogP contribution >= 0.6 is 0 Å².